The highest BCUT2D eigenvalue weighted by atomic mass is 19.2. The van der Waals surface area contributed by atoms with E-state index in [0.29, 0.717) is 24.7 Å². The van der Waals surface area contributed by atoms with Crippen LogP contribution < -0.4 is 15.5 Å². The molecule has 1 fully saturated rings. The van der Waals surface area contributed by atoms with Crippen LogP contribution in [0.2, 0.25) is 0 Å². The van der Waals surface area contributed by atoms with E-state index in [0.717, 1.165) is 38.4 Å². The van der Waals surface area contributed by atoms with Crippen LogP contribution in [0.25, 0.3) is 0 Å². The van der Waals surface area contributed by atoms with E-state index >= 15 is 0 Å². The molecule has 1 atom stereocenters. The molecule has 3 rings (SSSR count). The summed E-state index contributed by atoms with van der Waals surface area (Å²) >= 11 is 0. The van der Waals surface area contributed by atoms with Crippen molar-refractivity contribution >= 4 is 11.7 Å². The maximum atomic E-state index is 13.4. The molecule has 0 bridgehead atoms. The molecule has 0 saturated carbocycles. The first-order valence-electron chi connectivity index (χ1n) is 9.37. The fourth-order valence-corrected chi connectivity index (χ4v) is 3.35. The molecule has 1 aliphatic heterocycles. The molecule has 2 aromatic carbocycles. The lowest BCUT2D eigenvalue weighted by atomic mass is 10.1. The average Bonchev–Trinajstić information content (AvgIpc) is 3.16. The smallest absolute Gasteiger partial charge is 0.314 e. The van der Waals surface area contributed by atoms with E-state index in [1.807, 2.05) is 23.1 Å². The maximum absolute atomic E-state index is 13.4. The number of benzene rings is 2. The number of carbonyl (C=O) groups is 1. The van der Waals surface area contributed by atoms with Crippen molar-refractivity contribution in [3.63, 3.8) is 0 Å². The SMILES string of the molecule is O=C(NCCCc1ccccc1)NCC1CCN(c2ccc(F)c(F)c2)C1. The summed E-state index contributed by atoms with van der Waals surface area (Å²) in [6, 6.07) is 14.0. The lowest BCUT2D eigenvalue weighted by Gasteiger charge is -2.19. The van der Waals surface area contributed by atoms with Gasteiger partial charge in [-0.25, -0.2) is 13.6 Å². The molecule has 1 heterocycles. The normalized spacial score (nSPS) is 16.4. The standard InChI is InChI=1S/C21H25F2N3O/c22-19-9-8-18(13-20(19)23)26-12-10-17(15-26)14-25-21(27)24-11-4-7-16-5-2-1-3-6-16/h1-3,5-6,8-9,13,17H,4,7,10-12,14-15H2,(H2,24,25,27). The first-order chi connectivity index (χ1) is 13.1. The van der Waals surface area contributed by atoms with Crippen LogP contribution in [0, 0.1) is 17.6 Å². The minimum atomic E-state index is -0.833. The van der Waals surface area contributed by atoms with Gasteiger partial charge in [-0.05, 0) is 42.9 Å². The summed E-state index contributed by atoms with van der Waals surface area (Å²) < 4.78 is 26.4. The number of aryl methyl sites for hydroxylation is 1. The molecule has 0 aromatic heterocycles. The fourth-order valence-electron chi connectivity index (χ4n) is 3.35. The number of urea groups is 1. The van der Waals surface area contributed by atoms with E-state index in [9.17, 15) is 13.6 Å². The molecule has 4 nitrogen and oxygen atoms in total. The number of nitrogens with one attached hydrogen (secondary N) is 2. The van der Waals surface area contributed by atoms with Crippen LogP contribution in [-0.4, -0.2) is 32.2 Å². The van der Waals surface area contributed by atoms with Gasteiger partial charge in [-0.2, -0.15) is 0 Å². The van der Waals surface area contributed by atoms with Crippen LogP contribution >= 0.6 is 0 Å². The molecule has 2 aromatic rings. The molecule has 6 heteroatoms. The van der Waals surface area contributed by atoms with Crippen molar-refractivity contribution in [2.24, 2.45) is 5.92 Å². The van der Waals surface area contributed by atoms with Gasteiger partial charge in [0.1, 0.15) is 0 Å². The second-order valence-corrected chi connectivity index (χ2v) is 6.93. The van der Waals surface area contributed by atoms with E-state index < -0.39 is 11.6 Å². The zero-order chi connectivity index (χ0) is 19.1. The summed E-state index contributed by atoms with van der Waals surface area (Å²) in [6.45, 7) is 2.70. The maximum Gasteiger partial charge on any atom is 0.314 e. The van der Waals surface area contributed by atoms with Gasteiger partial charge in [0.05, 0.1) is 0 Å². The number of hydrogen-bond acceptors (Lipinski definition) is 2. The van der Waals surface area contributed by atoms with Gasteiger partial charge in [0.25, 0.3) is 0 Å². The number of carbonyl (C=O) groups excluding carboxylic acids is 1. The van der Waals surface area contributed by atoms with Gasteiger partial charge in [-0.1, -0.05) is 30.3 Å². The van der Waals surface area contributed by atoms with Gasteiger partial charge in [0.2, 0.25) is 0 Å². The van der Waals surface area contributed by atoms with E-state index in [1.165, 1.54) is 11.6 Å². The van der Waals surface area contributed by atoms with Crippen molar-refractivity contribution in [3.8, 4) is 0 Å². The van der Waals surface area contributed by atoms with Crippen molar-refractivity contribution < 1.29 is 13.6 Å². The van der Waals surface area contributed by atoms with Gasteiger partial charge < -0.3 is 15.5 Å². The Labute approximate surface area is 158 Å². The highest BCUT2D eigenvalue weighted by Crippen LogP contribution is 2.24. The highest BCUT2D eigenvalue weighted by molar-refractivity contribution is 5.73. The summed E-state index contributed by atoms with van der Waals surface area (Å²) in [5, 5.41) is 5.78. The van der Waals surface area contributed by atoms with Crippen molar-refractivity contribution in [1.82, 2.24) is 10.6 Å². The molecule has 0 aliphatic carbocycles. The van der Waals surface area contributed by atoms with E-state index in [4.69, 9.17) is 0 Å². The number of halogens is 2. The summed E-state index contributed by atoms with van der Waals surface area (Å²) in [4.78, 5) is 13.9. The Hall–Kier alpha value is -2.63. The number of nitrogens with zero attached hydrogens (tertiary/aromatic N) is 1. The minimum absolute atomic E-state index is 0.158. The van der Waals surface area contributed by atoms with Gasteiger partial charge in [-0.15, -0.1) is 0 Å². The molecule has 27 heavy (non-hydrogen) atoms. The van der Waals surface area contributed by atoms with E-state index in [-0.39, 0.29) is 6.03 Å². The number of amides is 2. The van der Waals surface area contributed by atoms with Crippen molar-refractivity contribution in [3.05, 3.63) is 65.7 Å². The predicted octanol–water partition coefficient (Wildman–Crippen LogP) is 3.72. The Kier molecular flexibility index (Phi) is 6.63. The van der Waals surface area contributed by atoms with Crippen LogP contribution in [0.1, 0.15) is 18.4 Å². The molecule has 2 amide bonds. The molecule has 1 aliphatic rings. The van der Waals surface area contributed by atoms with Gasteiger partial charge >= 0.3 is 6.03 Å². The fraction of sp³-hybridized carbons (Fsp3) is 0.381. The third-order valence-electron chi connectivity index (χ3n) is 4.88. The Morgan fingerprint density at radius 3 is 2.67 bits per heavy atom. The molecule has 0 radical (unpaired) electrons. The average molecular weight is 373 g/mol. The summed E-state index contributed by atoms with van der Waals surface area (Å²) in [5.74, 6) is -1.36. The van der Waals surface area contributed by atoms with Crippen LogP contribution in [0.4, 0.5) is 19.3 Å². The molecule has 1 saturated heterocycles. The molecule has 1 unspecified atom stereocenters. The van der Waals surface area contributed by atoms with Crippen LogP contribution in [-0.2, 0) is 6.42 Å². The lowest BCUT2D eigenvalue weighted by molar-refractivity contribution is 0.239. The first kappa shape index (κ1) is 19.1. The van der Waals surface area contributed by atoms with Gasteiger partial charge in [0.15, 0.2) is 11.6 Å². The first-order valence-corrected chi connectivity index (χ1v) is 9.37. The van der Waals surface area contributed by atoms with Crippen LogP contribution in [0.3, 0.4) is 0 Å². The van der Waals surface area contributed by atoms with E-state index in [1.54, 1.807) is 6.07 Å². The molecule has 2 N–H and O–H groups in total. The zero-order valence-electron chi connectivity index (χ0n) is 15.3. The molecular formula is C21H25F2N3O. The number of hydrogen-bond donors (Lipinski definition) is 2. The monoisotopic (exact) mass is 373 g/mol. The summed E-state index contributed by atoms with van der Waals surface area (Å²) in [5.41, 5.74) is 1.95. The minimum Gasteiger partial charge on any atom is -0.371 e. The van der Waals surface area contributed by atoms with Crippen LogP contribution in [0.15, 0.2) is 48.5 Å². The summed E-state index contributed by atoms with van der Waals surface area (Å²) in [6.07, 6.45) is 2.74. The Balaban J connectivity index is 1.33. The highest BCUT2D eigenvalue weighted by Gasteiger charge is 2.23. The van der Waals surface area contributed by atoms with E-state index in [2.05, 4.69) is 22.8 Å². The second-order valence-electron chi connectivity index (χ2n) is 6.93. The summed E-state index contributed by atoms with van der Waals surface area (Å²) in [7, 11) is 0. The number of rotatable bonds is 7. The largest absolute Gasteiger partial charge is 0.371 e. The Morgan fingerprint density at radius 2 is 1.89 bits per heavy atom. The van der Waals surface area contributed by atoms with Gasteiger partial charge in [0, 0.05) is 37.9 Å². The van der Waals surface area contributed by atoms with Crippen molar-refractivity contribution in [1.29, 1.82) is 0 Å². The predicted molar refractivity (Wildman–Crippen MR) is 103 cm³/mol. The van der Waals surface area contributed by atoms with Crippen LogP contribution in [0.5, 0.6) is 0 Å². The Bertz CT molecular complexity index is 754. The quantitative estimate of drug-likeness (QED) is 0.727. The number of anilines is 1. The zero-order valence-corrected chi connectivity index (χ0v) is 15.3. The van der Waals surface area contributed by atoms with Crippen molar-refractivity contribution in [2.75, 3.05) is 31.1 Å². The molecule has 144 valence electrons. The third kappa shape index (κ3) is 5.67. The second kappa shape index (κ2) is 9.35. The topological polar surface area (TPSA) is 44.4 Å². The molecular weight excluding hydrogens is 348 g/mol. The van der Waals surface area contributed by atoms with Gasteiger partial charge in [-0.3, -0.25) is 0 Å². The third-order valence-corrected chi connectivity index (χ3v) is 4.88. The lowest BCUT2D eigenvalue weighted by Crippen LogP contribution is -2.39. The Morgan fingerprint density at radius 1 is 1.07 bits per heavy atom. The van der Waals surface area contributed by atoms with Crippen molar-refractivity contribution in [2.45, 2.75) is 19.3 Å². The molecule has 0 spiro atoms.